The first-order valence-electron chi connectivity index (χ1n) is 5.71. The first kappa shape index (κ1) is 12.9. The lowest BCUT2D eigenvalue weighted by Gasteiger charge is -2.38. The molecule has 0 aromatic heterocycles. The van der Waals surface area contributed by atoms with Crippen LogP contribution in [0.25, 0.3) is 0 Å². The third-order valence-electron chi connectivity index (χ3n) is 3.30. The van der Waals surface area contributed by atoms with Crippen LogP contribution in [-0.4, -0.2) is 35.4 Å². The lowest BCUT2D eigenvalue weighted by atomic mass is 9.95. The van der Waals surface area contributed by atoms with Crippen LogP contribution in [0.4, 0.5) is 8.78 Å². The molecule has 1 unspecified atom stereocenters. The van der Waals surface area contributed by atoms with Gasteiger partial charge in [0.2, 0.25) is 0 Å². The van der Waals surface area contributed by atoms with Gasteiger partial charge < -0.3 is 0 Å². The number of hydrogen-bond donors (Lipinski definition) is 0. The molecule has 2 atom stereocenters. The van der Waals surface area contributed by atoms with Crippen molar-refractivity contribution < 1.29 is 8.78 Å². The lowest BCUT2D eigenvalue weighted by molar-refractivity contribution is 0.0750. The quantitative estimate of drug-likeness (QED) is 0.689. The van der Waals surface area contributed by atoms with E-state index in [1.165, 1.54) is 0 Å². The Balaban J connectivity index is 2.86. The summed E-state index contributed by atoms with van der Waals surface area (Å²) in [6.07, 6.45) is 0.332. The van der Waals surface area contributed by atoms with Crippen molar-refractivity contribution in [1.82, 2.24) is 4.90 Å². The van der Waals surface area contributed by atoms with Gasteiger partial charge >= 0.3 is 0 Å². The minimum Gasteiger partial charge on any atom is -0.292 e. The molecular formula is C12H23F2N. The number of likely N-dealkylation sites (tertiary alicyclic amines) is 1. The van der Waals surface area contributed by atoms with Crippen molar-refractivity contribution in [2.75, 3.05) is 13.2 Å². The maximum Gasteiger partial charge on any atom is 0.153 e. The molecule has 1 heterocycles. The molecule has 1 aliphatic rings. The summed E-state index contributed by atoms with van der Waals surface area (Å²) in [6.45, 7) is 9.71. The minimum absolute atomic E-state index is 0.0854. The number of halogens is 2. The van der Waals surface area contributed by atoms with Crippen LogP contribution in [0.1, 0.15) is 41.0 Å². The highest BCUT2D eigenvalue weighted by atomic mass is 19.2. The van der Waals surface area contributed by atoms with Gasteiger partial charge in [-0.2, -0.15) is 0 Å². The van der Waals surface area contributed by atoms with Crippen LogP contribution < -0.4 is 0 Å². The Hall–Kier alpha value is -0.180. The highest BCUT2D eigenvalue weighted by Crippen LogP contribution is 2.38. The molecule has 3 heteroatoms. The van der Waals surface area contributed by atoms with Crippen LogP contribution in [0.2, 0.25) is 0 Å². The third kappa shape index (κ3) is 2.68. The second kappa shape index (κ2) is 4.00. The Labute approximate surface area is 91.8 Å². The number of alkyl halides is 2. The Morgan fingerprint density at radius 3 is 2.20 bits per heavy atom. The first-order valence-corrected chi connectivity index (χ1v) is 5.71. The second-order valence-corrected chi connectivity index (χ2v) is 6.10. The van der Waals surface area contributed by atoms with Crippen LogP contribution in [-0.2, 0) is 0 Å². The fourth-order valence-electron chi connectivity index (χ4n) is 2.40. The largest absolute Gasteiger partial charge is 0.292 e. The summed E-state index contributed by atoms with van der Waals surface area (Å²) in [7, 11) is 0. The topological polar surface area (TPSA) is 3.24 Å². The maximum absolute atomic E-state index is 14.0. The smallest absolute Gasteiger partial charge is 0.153 e. The van der Waals surface area contributed by atoms with Gasteiger partial charge in [0.15, 0.2) is 5.67 Å². The molecule has 1 saturated heterocycles. The van der Waals surface area contributed by atoms with Gasteiger partial charge in [0, 0.05) is 24.5 Å². The normalized spacial score (nSPS) is 34.0. The summed E-state index contributed by atoms with van der Waals surface area (Å²) in [4.78, 5) is 2.11. The van der Waals surface area contributed by atoms with Gasteiger partial charge in [0.05, 0.1) is 0 Å². The van der Waals surface area contributed by atoms with E-state index in [1.54, 1.807) is 0 Å². The molecule has 0 bridgehead atoms. The minimum atomic E-state index is -1.62. The van der Waals surface area contributed by atoms with E-state index in [2.05, 4.69) is 39.5 Å². The molecule has 1 nitrogen and oxygen atoms in total. The standard InChI is InChI=1S/C12H23F2N/c1-9(2)10-6-12(14,7-13)8-15(10)11(3,4)5/h9-10H,6-8H2,1-5H3/t10?,12-/m0/s1. The molecule has 0 spiro atoms. The van der Waals surface area contributed by atoms with E-state index >= 15 is 0 Å². The van der Waals surface area contributed by atoms with Gasteiger partial charge in [0.25, 0.3) is 0 Å². The molecule has 0 aliphatic carbocycles. The zero-order valence-corrected chi connectivity index (χ0v) is 10.5. The van der Waals surface area contributed by atoms with Crippen molar-refractivity contribution in [3.05, 3.63) is 0 Å². The van der Waals surface area contributed by atoms with E-state index < -0.39 is 12.3 Å². The van der Waals surface area contributed by atoms with Gasteiger partial charge in [-0.05, 0) is 26.7 Å². The molecule has 15 heavy (non-hydrogen) atoms. The molecule has 0 amide bonds. The summed E-state index contributed by atoms with van der Waals surface area (Å²) in [6, 6.07) is 0.158. The third-order valence-corrected chi connectivity index (χ3v) is 3.30. The zero-order valence-electron chi connectivity index (χ0n) is 10.5. The molecule has 0 radical (unpaired) electrons. The van der Waals surface area contributed by atoms with Gasteiger partial charge in [-0.25, -0.2) is 8.78 Å². The van der Waals surface area contributed by atoms with Crippen LogP contribution in [0, 0.1) is 5.92 Å². The van der Waals surface area contributed by atoms with Crippen molar-refractivity contribution in [2.24, 2.45) is 5.92 Å². The van der Waals surface area contributed by atoms with E-state index in [0.717, 1.165) is 0 Å². The first-order chi connectivity index (χ1) is 6.69. The van der Waals surface area contributed by atoms with Crippen LogP contribution in [0.5, 0.6) is 0 Å². The summed E-state index contributed by atoms with van der Waals surface area (Å²) in [5.41, 5.74) is -1.71. The molecule has 1 aliphatic heterocycles. The Morgan fingerprint density at radius 1 is 1.40 bits per heavy atom. The van der Waals surface area contributed by atoms with Crippen molar-refractivity contribution in [3.8, 4) is 0 Å². The van der Waals surface area contributed by atoms with E-state index in [9.17, 15) is 8.78 Å². The number of hydrogen-bond acceptors (Lipinski definition) is 1. The zero-order chi connectivity index (χ0) is 11.9. The lowest BCUT2D eigenvalue weighted by Crippen LogP contribution is -2.47. The average molecular weight is 219 g/mol. The van der Waals surface area contributed by atoms with Crippen molar-refractivity contribution in [1.29, 1.82) is 0 Å². The van der Waals surface area contributed by atoms with Crippen LogP contribution >= 0.6 is 0 Å². The predicted molar refractivity (Wildman–Crippen MR) is 59.5 cm³/mol. The Kier molecular flexibility index (Phi) is 3.44. The molecule has 0 aromatic carbocycles. The van der Waals surface area contributed by atoms with Gasteiger partial charge in [-0.3, -0.25) is 4.90 Å². The highest BCUT2D eigenvalue weighted by Gasteiger charge is 2.48. The van der Waals surface area contributed by atoms with Gasteiger partial charge in [-0.15, -0.1) is 0 Å². The fraction of sp³-hybridized carbons (Fsp3) is 1.00. The van der Waals surface area contributed by atoms with E-state index in [0.29, 0.717) is 12.3 Å². The summed E-state index contributed by atoms with van der Waals surface area (Å²) >= 11 is 0. The van der Waals surface area contributed by atoms with Crippen LogP contribution in [0.15, 0.2) is 0 Å². The van der Waals surface area contributed by atoms with Crippen molar-refractivity contribution in [3.63, 3.8) is 0 Å². The summed E-state index contributed by atoms with van der Waals surface area (Å²) < 4.78 is 26.7. The molecule has 1 rings (SSSR count). The molecule has 0 N–H and O–H groups in total. The maximum atomic E-state index is 14.0. The van der Waals surface area contributed by atoms with Crippen molar-refractivity contribution in [2.45, 2.75) is 58.3 Å². The van der Waals surface area contributed by atoms with Crippen LogP contribution in [0.3, 0.4) is 0 Å². The Morgan fingerprint density at radius 2 is 1.93 bits per heavy atom. The van der Waals surface area contributed by atoms with Gasteiger partial charge in [-0.1, -0.05) is 13.8 Å². The number of rotatable bonds is 2. The molecule has 1 fully saturated rings. The van der Waals surface area contributed by atoms with E-state index in [-0.39, 0.29) is 18.1 Å². The van der Waals surface area contributed by atoms with Gasteiger partial charge in [0.1, 0.15) is 6.67 Å². The van der Waals surface area contributed by atoms with E-state index in [4.69, 9.17) is 0 Å². The summed E-state index contributed by atoms with van der Waals surface area (Å²) in [5.74, 6) is 0.369. The highest BCUT2D eigenvalue weighted by molar-refractivity contribution is 5.01. The molecule has 90 valence electrons. The molecule has 0 aromatic rings. The van der Waals surface area contributed by atoms with Crippen molar-refractivity contribution >= 4 is 0 Å². The fourth-order valence-corrected chi connectivity index (χ4v) is 2.40. The SMILES string of the molecule is CC(C)C1C[C@](F)(CF)CN1C(C)(C)C. The Bertz CT molecular complexity index is 222. The molecule has 0 saturated carbocycles. The van der Waals surface area contributed by atoms with E-state index in [1.807, 2.05) is 0 Å². The average Bonchev–Trinajstić information content (AvgIpc) is 2.44. The second-order valence-electron chi connectivity index (χ2n) is 6.10. The monoisotopic (exact) mass is 219 g/mol. The number of nitrogens with zero attached hydrogens (tertiary/aromatic N) is 1. The summed E-state index contributed by atoms with van der Waals surface area (Å²) in [5, 5.41) is 0. The predicted octanol–water partition coefficient (Wildman–Crippen LogP) is 3.19. The molecular weight excluding hydrogens is 196 g/mol.